The van der Waals surface area contributed by atoms with Crippen LogP contribution in [0.3, 0.4) is 0 Å². The number of hydrogen-bond donors (Lipinski definition) is 0. The summed E-state index contributed by atoms with van der Waals surface area (Å²) in [7, 11) is 0. The summed E-state index contributed by atoms with van der Waals surface area (Å²) in [4.78, 5) is 0. The maximum absolute atomic E-state index is 8.00. The van der Waals surface area contributed by atoms with Crippen molar-refractivity contribution in [1.82, 2.24) is 0 Å². The molecule has 0 atom stereocenters. The van der Waals surface area contributed by atoms with Gasteiger partial charge in [0.25, 0.3) is 0 Å². The zero-order valence-corrected chi connectivity index (χ0v) is 5.83. The maximum atomic E-state index is 8.00. The molecule has 0 bridgehead atoms. The summed E-state index contributed by atoms with van der Waals surface area (Å²) in [5.74, 6) is 0. The Bertz CT molecular complexity index is 4.00. The van der Waals surface area contributed by atoms with Crippen LogP contribution < -0.4 is 0 Å². The lowest BCUT2D eigenvalue weighted by atomic mass is 18.0. The molecule has 0 unspecified atom stereocenters. The molecule has 0 aromatic carbocycles. The minimum Gasteiger partial charge on any atom is 0 e. The van der Waals surface area contributed by atoms with E-state index < -0.39 is 0 Å². The Morgan fingerprint density at radius 1 is 1.00 bits per heavy atom. The highest BCUT2D eigenvalue weighted by molar-refractivity contribution is 15.0. The lowest BCUT2D eigenvalue weighted by molar-refractivity contribution is 0.108. The summed E-state index contributed by atoms with van der Waals surface area (Å²) in [6, 6.07) is 0. The summed E-state index contributed by atoms with van der Waals surface area (Å²) in [6.07, 6.45) is 0. The largest absolute Gasteiger partial charge is 0 e. The zero-order chi connectivity index (χ0) is 4.00. The average molecular weight is 292 g/mol. The first-order valence-electron chi connectivity index (χ1n) is 0.286. The standard InChI is InChI=1S/F2.I2/c2*1-2. The Morgan fingerprint density at radius 2 is 1.00 bits per heavy atom. The molecule has 0 aromatic rings. The second kappa shape index (κ2) is 27.3. The first-order valence-corrected chi connectivity index (χ1v) is 6.57. The van der Waals surface area contributed by atoms with Crippen LogP contribution >= 0.6 is 37.2 Å². The van der Waals surface area contributed by atoms with E-state index in [0.29, 0.717) is 0 Å². The first kappa shape index (κ1) is 9.01. The molecule has 0 nitrogen and oxygen atoms in total. The normalized spacial score (nSPS) is 3.00. The van der Waals surface area contributed by atoms with Crippen LogP contribution in [0.5, 0.6) is 0 Å². The monoisotopic (exact) mass is 292 g/mol. The third-order valence-electron chi connectivity index (χ3n) is 0. The van der Waals surface area contributed by atoms with Crippen molar-refractivity contribution in [3.8, 4) is 0 Å². The molecular weight excluding hydrogens is 292 g/mol. The van der Waals surface area contributed by atoms with Crippen LogP contribution in [-0.4, -0.2) is 0 Å². The van der Waals surface area contributed by atoms with E-state index >= 15 is 0 Å². The molecule has 0 fully saturated rings. The zero-order valence-electron chi connectivity index (χ0n) is 1.51. The third kappa shape index (κ3) is 10.3. The Labute approximate surface area is 46.1 Å². The molecule has 0 aliphatic rings. The van der Waals surface area contributed by atoms with Crippen LogP contribution in [0.2, 0.25) is 0 Å². The Kier molecular flexibility index (Phi) is 61.5. The SMILES string of the molecule is FF.II. The molecule has 0 saturated heterocycles. The van der Waals surface area contributed by atoms with Gasteiger partial charge in [0.05, 0.1) is 0 Å². The van der Waals surface area contributed by atoms with E-state index in [1.54, 1.807) is 0 Å². The lowest BCUT2D eigenvalue weighted by Gasteiger charge is -1.00. The summed E-state index contributed by atoms with van der Waals surface area (Å²) in [5.41, 5.74) is 0. The van der Waals surface area contributed by atoms with Crippen molar-refractivity contribution in [3.05, 3.63) is 0 Å². The minimum absolute atomic E-state index is 2.12. The van der Waals surface area contributed by atoms with Crippen LogP contribution in [0, 0.1) is 0 Å². The van der Waals surface area contributed by atoms with Crippen molar-refractivity contribution < 1.29 is 9.15 Å². The van der Waals surface area contributed by atoms with Crippen LogP contribution in [0.1, 0.15) is 0 Å². The van der Waals surface area contributed by atoms with Gasteiger partial charge in [0.2, 0.25) is 0 Å². The lowest BCUT2D eigenvalue weighted by Crippen LogP contribution is -0.580. The van der Waals surface area contributed by atoms with Crippen molar-refractivity contribution in [2.24, 2.45) is 0 Å². The van der Waals surface area contributed by atoms with Crippen LogP contribution in [-0.2, 0) is 0 Å². The predicted molar refractivity (Wildman–Crippen MR) is 30.3 cm³/mol. The molecule has 0 N–H and O–H groups in total. The average Bonchev–Trinajstić information content (AvgIpc) is 1.50. The van der Waals surface area contributed by atoms with Gasteiger partial charge in [0.1, 0.15) is 0 Å². The van der Waals surface area contributed by atoms with Gasteiger partial charge in [-0.3, -0.25) is 0 Å². The smallest absolute Gasteiger partial charge is 0 e. The molecule has 0 amide bonds. The molecule has 0 spiro atoms. The molecule has 0 aliphatic heterocycles. The molecular formula is F2I2. The number of hydrogen-bond acceptors (Lipinski definition) is 0. The van der Waals surface area contributed by atoms with Crippen molar-refractivity contribution >= 4 is 37.2 Å². The molecule has 0 aliphatic carbocycles. The highest BCUT2D eigenvalue weighted by Crippen LogP contribution is 1.89. The second-order valence-electron chi connectivity index (χ2n) is 0. The van der Waals surface area contributed by atoms with Crippen LogP contribution in [0.4, 0.5) is 9.15 Å². The third-order valence-corrected chi connectivity index (χ3v) is 0. The van der Waals surface area contributed by atoms with Gasteiger partial charge in [0, 0.05) is 46.4 Å². The van der Waals surface area contributed by atoms with Gasteiger partial charge >= 0.3 is 0 Å². The van der Waals surface area contributed by atoms with Gasteiger partial charge in [-0.05, 0) is 0 Å². The quantitative estimate of drug-likeness (QED) is 0.602. The fraction of sp³-hybridized carbons (Fsp3) is 0. The van der Waals surface area contributed by atoms with Gasteiger partial charge in [0.15, 0.2) is 0 Å². The molecule has 0 aromatic heterocycles. The van der Waals surface area contributed by atoms with E-state index in [9.17, 15) is 0 Å². The number of rotatable bonds is 0. The van der Waals surface area contributed by atoms with Crippen molar-refractivity contribution in [2.75, 3.05) is 0 Å². The van der Waals surface area contributed by atoms with E-state index in [-0.39, 0.29) is 0 Å². The van der Waals surface area contributed by atoms with E-state index in [1.165, 1.54) is 0 Å². The molecule has 4 heavy (non-hydrogen) atoms. The summed E-state index contributed by atoms with van der Waals surface area (Å²) < 4.78 is 16.0. The van der Waals surface area contributed by atoms with Gasteiger partial charge < -0.3 is 0 Å². The van der Waals surface area contributed by atoms with Gasteiger partial charge in [-0.15, -0.1) is 0 Å². The van der Waals surface area contributed by atoms with Crippen molar-refractivity contribution in [1.29, 1.82) is 0 Å². The summed E-state index contributed by atoms with van der Waals surface area (Å²) in [6.45, 7) is 0. The highest BCUT2D eigenvalue weighted by Gasteiger charge is 1.00. The van der Waals surface area contributed by atoms with Crippen LogP contribution in [0.15, 0.2) is 0 Å². The summed E-state index contributed by atoms with van der Waals surface area (Å²) >= 11 is 4.24. The Morgan fingerprint density at radius 3 is 1.00 bits per heavy atom. The Balaban J connectivity index is 0. The minimum atomic E-state index is 2.12. The van der Waals surface area contributed by atoms with E-state index in [1.807, 2.05) is 0 Å². The fourth-order valence-electron chi connectivity index (χ4n) is 0. The van der Waals surface area contributed by atoms with Gasteiger partial charge in [-0.1, -0.05) is 0 Å². The molecule has 0 heterocycles. The molecule has 28 valence electrons. The highest BCUT2D eigenvalue weighted by atomic mass is 128. The topological polar surface area (TPSA) is 0 Å². The van der Waals surface area contributed by atoms with Crippen molar-refractivity contribution in [3.63, 3.8) is 0 Å². The maximum Gasteiger partial charge on any atom is 0 e. The van der Waals surface area contributed by atoms with E-state index in [0.717, 1.165) is 0 Å². The van der Waals surface area contributed by atoms with Gasteiger partial charge in [-0.2, -0.15) is 0 Å². The predicted octanol–water partition coefficient (Wildman–Crippen LogP) is 2.61. The first-order chi connectivity index (χ1) is 2.00. The fourth-order valence-corrected chi connectivity index (χ4v) is 0. The number of halogens is 4. The molecule has 0 saturated carbocycles. The van der Waals surface area contributed by atoms with Crippen molar-refractivity contribution in [2.45, 2.75) is 0 Å². The molecule has 4 heteroatoms. The van der Waals surface area contributed by atoms with Crippen LogP contribution in [0.25, 0.3) is 0 Å². The second-order valence-corrected chi connectivity index (χ2v) is 0. The summed E-state index contributed by atoms with van der Waals surface area (Å²) in [5, 5.41) is 0. The van der Waals surface area contributed by atoms with E-state index in [4.69, 9.17) is 9.15 Å². The molecule has 0 rings (SSSR count). The van der Waals surface area contributed by atoms with E-state index in [2.05, 4.69) is 37.2 Å². The molecule has 0 radical (unpaired) electrons. The Hall–Kier alpha value is 1.32. The van der Waals surface area contributed by atoms with Gasteiger partial charge in [-0.25, -0.2) is 0 Å².